The maximum atomic E-state index is 11.4. The number of carboxylic acid groups (broad SMARTS) is 1. The van der Waals surface area contributed by atoms with Crippen molar-refractivity contribution >= 4 is 17.3 Å². The van der Waals surface area contributed by atoms with E-state index < -0.39 is 5.97 Å². The number of carboxylic acids is 1. The Kier molecular flexibility index (Phi) is 4.26. The first kappa shape index (κ1) is 14.2. The lowest BCUT2D eigenvalue weighted by Gasteiger charge is -2.25. The molecule has 1 aliphatic rings. The molecular formula is C15H17N3O2S. The summed E-state index contributed by atoms with van der Waals surface area (Å²) in [5, 5.41) is 10.1. The number of nitrogens with zero attached hydrogens (tertiary/aromatic N) is 3. The molecule has 0 amide bonds. The van der Waals surface area contributed by atoms with Crippen LogP contribution >= 0.6 is 11.3 Å². The molecule has 0 bridgehead atoms. The van der Waals surface area contributed by atoms with E-state index in [0.717, 1.165) is 28.5 Å². The molecule has 1 N–H and O–H groups in total. The number of pyridine rings is 1. The van der Waals surface area contributed by atoms with Crippen molar-refractivity contribution < 1.29 is 9.90 Å². The minimum Gasteiger partial charge on any atom is -0.476 e. The lowest BCUT2D eigenvalue weighted by Crippen LogP contribution is -2.29. The molecule has 0 aromatic carbocycles. The third-order valence-corrected chi connectivity index (χ3v) is 4.71. The Labute approximate surface area is 127 Å². The Morgan fingerprint density at radius 3 is 2.81 bits per heavy atom. The molecule has 0 radical (unpaired) electrons. The zero-order chi connectivity index (χ0) is 14.7. The van der Waals surface area contributed by atoms with Crippen LogP contribution in [0.15, 0.2) is 24.5 Å². The van der Waals surface area contributed by atoms with Crippen LogP contribution in [0.3, 0.4) is 0 Å². The maximum absolute atomic E-state index is 11.4. The summed E-state index contributed by atoms with van der Waals surface area (Å²) in [6.45, 7) is 2.76. The zero-order valence-corrected chi connectivity index (χ0v) is 12.5. The molecule has 1 fully saturated rings. The Morgan fingerprint density at radius 1 is 1.33 bits per heavy atom. The van der Waals surface area contributed by atoms with Crippen LogP contribution in [-0.4, -0.2) is 39.0 Å². The number of hydrogen-bond donors (Lipinski definition) is 1. The second kappa shape index (κ2) is 6.32. The second-order valence-corrected chi connectivity index (χ2v) is 6.26. The predicted octanol–water partition coefficient (Wildman–Crippen LogP) is 2.89. The van der Waals surface area contributed by atoms with E-state index >= 15 is 0 Å². The van der Waals surface area contributed by atoms with Crippen LogP contribution in [0.4, 0.5) is 0 Å². The van der Waals surface area contributed by atoms with E-state index in [4.69, 9.17) is 0 Å². The molecule has 0 aliphatic carbocycles. The fourth-order valence-electron chi connectivity index (χ4n) is 2.56. The first-order valence-corrected chi connectivity index (χ1v) is 7.91. The topological polar surface area (TPSA) is 66.3 Å². The van der Waals surface area contributed by atoms with Gasteiger partial charge in [-0.2, -0.15) is 0 Å². The van der Waals surface area contributed by atoms with Gasteiger partial charge in [-0.25, -0.2) is 9.78 Å². The Bertz CT molecular complexity index is 621. The summed E-state index contributed by atoms with van der Waals surface area (Å²) in [7, 11) is 0. The van der Waals surface area contributed by atoms with Gasteiger partial charge in [-0.15, -0.1) is 11.3 Å². The van der Waals surface area contributed by atoms with E-state index in [9.17, 15) is 9.90 Å². The van der Waals surface area contributed by atoms with Crippen LogP contribution in [0.25, 0.3) is 10.6 Å². The van der Waals surface area contributed by atoms with Gasteiger partial charge in [0.15, 0.2) is 5.69 Å². The van der Waals surface area contributed by atoms with E-state index in [1.807, 2.05) is 12.1 Å². The van der Waals surface area contributed by atoms with E-state index in [2.05, 4.69) is 14.9 Å². The summed E-state index contributed by atoms with van der Waals surface area (Å²) >= 11 is 1.46. The summed E-state index contributed by atoms with van der Waals surface area (Å²) in [5.41, 5.74) is 1.05. The third-order valence-electron chi connectivity index (χ3n) is 3.62. The van der Waals surface area contributed by atoms with Crippen molar-refractivity contribution in [3.8, 4) is 10.6 Å². The highest BCUT2D eigenvalue weighted by atomic mass is 32.1. The number of hydrogen-bond acceptors (Lipinski definition) is 5. The molecular weight excluding hydrogens is 286 g/mol. The molecule has 1 aliphatic heterocycles. The fraction of sp³-hybridized carbons (Fsp3) is 0.400. The van der Waals surface area contributed by atoms with Gasteiger partial charge >= 0.3 is 5.97 Å². The molecule has 3 rings (SSSR count). The number of rotatable bonds is 4. The average molecular weight is 303 g/mol. The number of piperidine rings is 1. The van der Waals surface area contributed by atoms with Gasteiger partial charge in [-0.05, 0) is 38.1 Å². The van der Waals surface area contributed by atoms with Crippen LogP contribution in [0.1, 0.15) is 34.6 Å². The molecule has 0 atom stereocenters. The third kappa shape index (κ3) is 3.28. The van der Waals surface area contributed by atoms with Gasteiger partial charge in [0.05, 0.1) is 4.88 Å². The van der Waals surface area contributed by atoms with Crippen molar-refractivity contribution in [2.45, 2.75) is 25.8 Å². The fourth-order valence-corrected chi connectivity index (χ4v) is 3.65. The average Bonchev–Trinajstić information content (AvgIpc) is 2.93. The van der Waals surface area contributed by atoms with Crippen molar-refractivity contribution in [1.29, 1.82) is 0 Å². The van der Waals surface area contributed by atoms with Crippen LogP contribution in [0.5, 0.6) is 0 Å². The Hall–Kier alpha value is -1.79. The Morgan fingerprint density at radius 2 is 2.14 bits per heavy atom. The molecule has 6 heteroatoms. The molecule has 0 unspecified atom stereocenters. The molecule has 110 valence electrons. The number of aromatic carboxylic acids is 1. The van der Waals surface area contributed by atoms with Crippen molar-refractivity contribution in [3.63, 3.8) is 0 Å². The van der Waals surface area contributed by atoms with Crippen LogP contribution in [0, 0.1) is 0 Å². The largest absolute Gasteiger partial charge is 0.476 e. The molecule has 0 saturated carbocycles. The quantitative estimate of drug-likeness (QED) is 0.940. The molecule has 5 nitrogen and oxygen atoms in total. The number of aromatic nitrogens is 2. The molecule has 2 aromatic heterocycles. The number of likely N-dealkylation sites (tertiary alicyclic amines) is 1. The van der Waals surface area contributed by atoms with E-state index in [1.165, 1.54) is 30.6 Å². The lowest BCUT2D eigenvalue weighted by atomic mass is 10.1. The summed E-state index contributed by atoms with van der Waals surface area (Å²) in [6.07, 6.45) is 7.07. The minimum atomic E-state index is -0.951. The van der Waals surface area contributed by atoms with Gasteiger partial charge in [0, 0.05) is 24.5 Å². The van der Waals surface area contributed by atoms with Gasteiger partial charge in [-0.1, -0.05) is 6.42 Å². The van der Waals surface area contributed by atoms with Crippen molar-refractivity contribution in [3.05, 3.63) is 35.1 Å². The SMILES string of the molecule is O=C(O)c1nc(-c2cccnc2)sc1CN1CCCCC1. The minimum absolute atomic E-state index is 0.185. The summed E-state index contributed by atoms with van der Waals surface area (Å²) in [5.74, 6) is -0.951. The summed E-state index contributed by atoms with van der Waals surface area (Å²) in [6, 6.07) is 3.74. The standard InChI is InChI=1S/C15H17N3O2S/c19-15(20)13-12(10-18-7-2-1-3-8-18)21-14(17-13)11-5-4-6-16-9-11/h4-6,9H,1-3,7-8,10H2,(H,19,20). The molecule has 1 saturated heterocycles. The van der Waals surface area contributed by atoms with Crippen LogP contribution in [0.2, 0.25) is 0 Å². The van der Waals surface area contributed by atoms with Gasteiger partial charge in [0.25, 0.3) is 0 Å². The second-order valence-electron chi connectivity index (χ2n) is 5.17. The molecule has 21 heavy (non-hydrogen) atoms. The predicted molar refractivity (Wildman–Crippen MR) is 81.4 cm³/mol. The van der Waals surface area contributed by atoms with E-state index in [-0.39, 0.29) is 5.69 Å². The van der Waals surface area contributed by atoms with Crippen LogP contribution < -0.4 is 0 Å². The monoisotopic (exact) mass is 303 g/mol. The van der Waals surface area contributed by atoms with Gasteiger partial charge in [0.2, 0.25) is 0 Å². The summed E-state index contributed by atoms with van der Waals surface area (Å²) in [4.78, 5) is 22.9. The highest BCUT2D eigenvalue weighted by Gasteiger charge is 2.21. The first-order valence-electron chi connectivity index (χ1n) is 7.10. The molecule has 2 aromatic rings. The van der Waals surface area contributed by atoms with Crippen molar-refractivity contribution in [2.24, 2.45) is 0 Å². The number of carbonyl (C=O) groups is 1. The zero-order valence-electron chi connectivity index (χ0n) is 11.7. The number of thiazole rings is 1. The Balaban J connectivity index is 1.88. The van der Waals surface area contributed by atoms with Gasteiger partial charge in [-0.3, -0.25) is 9.88 Å². The van der Waals surface area contributed by atoms with Crippen LogP contribution in [-0.2, 0) is 6.54 Å². The van der Waals surface area contributed by atoms with Gasteiger partial charge in [0.1, 0.15) is 5.01 Å². The van der Waals surface area contributed by atoms with Crippen molar-refractivity contribution in [1.82, 2.24) is 14.9 Å². The van der Waals surface area contributed by atoms with E-state index in [1.54, 1.807) is 12.4 Å². The highest BCUT2D eigenvalue weighted by molar-refractivity contribution is 7.15. The lowest BCUT2D eigenvalue weighted by molar-refractivity contribution is 0.0689. The smallest absolute Gasteiger partial charge is 0.355 e. The normalized spacial score (nSPS) is 16.0. The highest BCUT2D eigenvalue weighted by Crippen LogP contribution is 2.29. The van der Waals surface area contributed by atoms with E-state index in [0.29, 0.717) is 6.54 Å². The molecule has 0 spiro atoms. The first-order chi connectivity index (χ1) is 10.2. The van der Waals surface area contributed by atoms with Crippen molar-refractivity contribution in [2.75, 3.05) is 13.1 Å². The summed E-state index contributed by atoms with van der Waals surface area (Å²) < 4.78 is 0. The maximum Gasteiger partial charge on any atom is 0.355 e. The van der Waals surface area contributed by atoms with Gasteiger partial charge < -0.3 is 5.11 Å². The molecule has 3 heterocycles.